The van der Waals surface area contributed by atoms with Crippen LogP contribution in [0.25, 0.3) is 0 Å². The van der Waals surface area contributed by atoms with Crippen LogP contribution in [0.1, 0.15) is 31.7 Å². The lowest BCUT2D eigenvalue weighted by Crippen LogP contribution is -3.19. The minimum absolute atomic E-state index is 0.0713. The van der Waals surface area contributed by atoms with Crippen LogP contribution in [0.5, 0.6) is 5.75 Å². The standard InChI is InChI=1S/C24H29N3O3/c1-17(2)18-8-10-19(11-9-18)27-23(28)16-21(24(27)29)26-14-12-25(13-15-26)20-6-4-5-7-22(20)30-3/h4-11,17,21H,12-16H2,1-3H3/p+1/t21-/m1/s1. The van der Waals surface area contributed by atoms with E-state index < -0.39 is 0 Å². The Hall–Kier alpha value is -2.86. The summed E-state index contributed by atoms with van der Waals surface area (Å²) >= 11 is 0. The molecule has 2 heterocycles. The number of imide groups is 1. The first-order valence-electron chi connectivity index (χ1n) is 10.7. The third-order valence-corrected chi connectivity index (χ3v) is 6.29. The van der Waals surface area contributed by atoms with E-state index in [1.54, 1.807) is 7.11 Å². The number of para-hydroxylation sites is 2. The van der Waals surface area contributed by atoms with Gasteiger partial charge >= 0.3 is 0 Å². The van der Waals surface area contributed by atoms with E-state index in [1.807, 2.05) is 42.5 Å². The van der Waals surface area contributed by atoms with Gasteiger partial charge in [-0.2, -0.15) is 0 Å². The monoisotopic (exact) mass is 408 g/mol. The van der Waals surface area contributed by atoms with Crippen molar-refractivity contribution in [2.45, 2.75) is 32.2 Å². The highest BCUT2D eigenvalue weighted by atomic mass is 16.5. The maximum absolute atomic E-state index is 13.1. The summed E-state index contributed by atoms with van der Waals surface area (Å²) in [6.45, 7) is 7.56. The van der Waals surface area contributed by atoms with E-state index in [9.17, 15) is 9.59 Å². The molecule has 2 aliphatic heterocycles. The molecule has 2 aromatic rings. The van der Waals surface area contributed by atoms with E-state index in [0.29, 0.717) is 11.6 Å². The second-order valence-corrected chi connectivity index (χ2v) is 8.39. The molecule has 0 saturated carbocycles. The van der Waals surface area contributed by atoms with E-state index in [-0.39, 0.29) is 24.3 Å². The smallest absolute Gasteiger partial charge is 0.292 e. The molecule has 2 amide bonds. The molecule has 158 valence electrons. The van der Waals surface area contributed by atoms with Crippen molar-refractivity contribution < 1.29 is 19.2 Å². The van der Waals surface area contributed by atoms with Crippen molar-refractivity contribution in [1.82, 2.24) is 0 Å². The van der Waals surface area contributed by atoms with Gasteiger partial charge < -0.3 is 14.5 Å². The van der Waals surface area contributed by atoms with E-state index in [4.69, 9.17) is 4.74 Å². The number of benzene rings is 2. The number of anilines is 2. The largest absolute Gasteiger partial charge is 0.495 e. The molecule has 0 unspecified atom stereocenters. The van der Waals surface area contributed by atoms with Gasteiger partial charge in [-0.1, -0.05) is 38.1 Å². The third kappa shape index (κ3) is 3.79. The van der Waals surface area contributed by atoms with Crippen molar-refractivity contribution in [3.63, 3.8) is 0 Å². The van der Waals surface area contributed by atoms with Gasteiger partial charge in [0.2, 0.25) is 5.91 Å². The van der Waals surface area contributed by atoms with Crippen molar-refractivity contribution in [1.29, 1.82) is 0 Å². The molecule has 2 saturated heterocycles. The van der Waals surface area contributed by atoms with Gasteiger partial charge in [-0.05, 0) is 35.7 Å². The minimum Gasteiger partial charge on any atom is -0.495 e. The number of hydrogen-bond acceptors (Lipinski definition) is 4. The van der Waals surface area contributed by atoms with Crippen molar-refractivity contribution in [3.8, 4) is 5.75 Å². The van der Waals surface area contributed by atoms with Gasteiger partial charge in [0.1, 0.15) is 5.75 Å². The van der Waals surface area contributed by atoms with Crippen LogP contribution < -0.4 is 19.4 Å². The number of rotatable bonds is 5. The SMILES string of the molecule is COc1ccccc1N1CC[NH+]([C@@H]2CC(=O)N(c3ccc(C(C)C)cc3)C2=O)CC1. The number of carbonyl (C=O) groups is 2. The van der Waals surface area contributed by atoms with Crippen LogP contribution in [0.3, 0.4) is 0 Å². The van der Waals surface area contributed by atoms with Crippen molar-refractivity contribution >= 4 is 23.2 Å². The van der Waals surface area contributed by atoms with Gasteiger partial charge in [-0.25, -0.2) is 4.90 Å². The number of hydrogen-bond donors (Lipinski definition) is 1. The zero-order valence-electron chi connectivity index (χ0n) is 17.9. The molecular formula is C24H30N3O3+. The number of piperazine rings is 1. The number of carbonyl (C=O) groups excluding carboxylic acids is 2. The van der Waals surface area contributed by atoms with Gasteiger partial charge in [0.05, 0.1) is 51.1 Å². The Morgan fingerprint density at radius 1 is 1.00 bits per heavy atom. The summed E-state index contributed by atoms with van der Waals surface area (Å²) in [6, 6.07) is 15.5. The van der Waals surface area contributed by atoms with Gasteiger partial charge in [0, 0.05) is 0 Å². The quantitative estimate of drug-likeness (QED) is 0.768. The molecule has 0 spiro atoms. The summed E-state index contributed by atoms with van der Waals surface area (Å²) in [4.78, 5) is 30.7. The minimum atomic E-state index is -0.290. The molecule has 6 heteroatoms. The van der Waals surface area contributed by atoms with E-state index in [2.05, 4.69) is 24.8 Å². The molecule has 0 radical (unpaired) electrons. The Balaban J connectivity index is 1.43. The zero-order chi connectivity index (χ0) is 21.3. The van der Waals surface area contributed by atoms with Crippen LogP contribution in [-0.4, -0.2) is 51.1 Å². The highest BCUT2D eigenvalue weighted by molar-refractivity contribution is 6.21. The van der Waals surface area contributed by atoms with Crippen molar-refractivity contribution in [2.24, 2.45) is 0 Å². The number of amides is 2. The highest BCUT2D eigenvalue weighted by Gasteiger charge is 2.46. The molecule has 1 atom stereocenters. The summed E-state index contributed by atoms with van der Waals surface area (Å²) in [6.07, 6.45) is 0.286. The number of methoxy groups -OCH3 is 1. The average Bonchev–Trinajstić information content (AvgIpc) is 3.07. The molecule has 2 fully saturated rings. The molecule has 2 aliphatic rings. The van der Waals surface area contributed by atoms with Crippen LogP contribution >= 0.6 is 0 Å². The third-order valence-electron chi connectivity index (χ3n) is 6.29. The van der Waals surface area contributed by atoms with Gasteiger partial charge in [0.15, 0.2) is 6.04 Å². The molecule has 6 nitrogen and oxygen atoms in total. The van der Waals surface area contributed by atoms with Gasteiger partial charge in [0.25, 0.3) is 5.91 Å². The van der Waals surface area contributed by atoms with Crippen molar-refractivity contribution in [2.75, 3.05) is 43.1 Å². The Morgan fingerprint density at radius 2 is 1.67 bits per heavy atom. The molecule has 0 bridgehead atoms. The Kier molecular flexibility index (Phi) is 5.77. The zero-order valence-corrected chi connectivity index (χ0v) is 17.9. The first-order chi connectivity index (χ1) is 14.5. The fraction of sp³-hybridized carbons (Fsp3) is 0.417. The summed E-state index contributed by atoms with van der Waals surface area (Å²) in [5.41, 5.74) is 2.97. The highest BCUT2D eigenvalue weighted by Crippen LogP contribution is 2.28. The Morgan fingerprint density at radius 3 is 2.30 bits per heavy atom. The normalized spacial score (nSPS) is 20.3. The molecular weight excluding hydrogens is 378 g/mol. The van der Waals surface area contributed by atoms with Crippen LogP contribution in [0.4, 0.5) is 11.4 Å². The summed E-state index contributed by atoms with van der Waals surface area (Å²) in [5, 5.41) is 0. The van der Waals surface area contributed by atoms with Gasteiger partial charge in [-0.15, -0.1) is 0 Å². The summed E-state index contributed by atoms with van der Waals surface area (Å²) in [5.74, 6) is 1.12. The second-order valence-electron chi connectivity index (χ2n) is 8.39. The lowest BCUT2D eigenvalue weighted by atomic mass is 10.0. The first-order valence-corrected chi connectivity index (χ1v) is 10.7. The van der Waals surface area contributed by atoms with Gasteiger partial charge in [-0.3, -0.25) is 9.59 Å². The maximum Gasteiger partial charge on any atom is 0.292 e. The number of nitrogens with one attached hydrogen (secondary N) is 1. The molecule has 2 aromatic carbocycles. The number of quaternary nitrogens is 1. The lowest BCUT2D eigenvalue weighted by Gasteiger charge is -2.36. The predicted octanol–water partition coefficient (Wildman–Crippen LogP) is 1.86. The number of ether oxygens (including phenoxy) is 1. The fourth-order valence-electron chi connectivity index (χ4n) is 4.50. The fourth-order valence-corrected chi connectivity index (χ4v) is 4.50. The molecule has 0 aliphatic carbocycles. The summed E-state index contributed by atoms with van der Waals surface area (Å²) < 4.78 is 5.49. The molecule has 4 rings (SSSR count). The van der Waals surface area contributed by atoms with Crippen LogP contribution in [0.15, 0.2) is 48.5 Å². The van der Waals surface area contributed by atoms with Crippen molar-refractivity contribution in [3.05, 3.63) is 54.1 Å². The first kappa shape index (κ1) is 20.4. The van der Waals surface area contributed by atoms with E-state index in [1.165, 1.54) is 15.4 Å². The van der Waals surface area contributed by atoms with Crippen LogP contribution in [-0.2, 0) is 9.59 Å². The molecule has 30 heavy (non-hydrogen) atoms. The Labute approximate surface area is 178 Å². The van der Waals surface area contributed by atoms with Crippen LogP contribution in [0.2, 0.25) is 0 Å². The maximum atomic E-state index is 13.1. The molecule has 0 aromatic heterocycles. The van der Waals surface area contributed by atoms with E-state index >= 15 is 0 Å². The lowest BCUT2D eigenvalue weighted by molar-refractivity contribution is -0.915. The summed E-state index contributed by atoms with van der Waals surface area (Å²) in [7, 11) is 1.69. The second kappa shape index (κ2) is 8.48. The predicted molar refractivity (Wildman–Crippen MR) is 117 cm³/mol. The topological polar surface area (TPSA) is 54.3 Å². The molecule has 1 N–H and O–H groups in total. The van der Waals surface area contributed by atoms with E-state index in [0.717, 1.165) is 37.6 Å². The average molecular weight is 409 g/mol. The Bertz CT molecular complexity index is 918. The van der Waals surface area contributed by atoms with Crippen LogP contribution in [0, 0.1) is 0 Å². The number of nitrogens with zero attached hydrogens (tertiary/aromatic N) is 2.